The van der Waals surface area contributed by atoms with Crippen molar-refractivity contribution in [2.75, 3.05) is 20.1 Å². The van der Waals surface area contributed by atoms with Crippen molar-refractivity contribution in [2.24, 2.45) is 5.92 Å². The Bertz CT molecular complexity index is 440. The van der Waals surface area contributed by atoms with Crippen LogP contribution >= 0.6 is 11.3 Å². The molecule has 0 atom stereocenters. The smallest absolute Gasteiger partial charge is 0.0933 e. The van der Waals surface area contributed by atoms with E-state index in [4.69, 9.17) is 4.98 Å². The first-order chi connectivity index (χ1) is 10.3. The zero-order chi connectivity index (χ0) is 14.7. The number of aromatic nitrogens is 1. The largest absolute Gasteiger partial charge is 0.306 e. The monoisotopic (exact) mass is 306 g/mol. The summed E-state index contributed by atoms with van der Waals surface area (Å²) in [5, 5.41) is 1.44. The molecule has 0 amide bonds. The molecule has 2 fully saturated rings. The first-order valence-electron chi connectivity index (χ1n) is 8.93. The van der Waals surface area contributed by atoms with Crippen molar-refractivity contribution in [3.8, 4) is 0 Å². The van der Waals surface area contributed by atoms with Crippen molar-refractivity contribution in [2.45, 2.75) is 70.6 Å². The van der Waals surface area contributed by atoms with Crippen LogP contribution in [0.3, 0.4) is 0 Å². The van der Waals surface area contributed by atoms with E-state index < -0.39 is 0 Å². The van der Waals surface area contributed by atoms with Crippen molar-refractivity contribution in [1.82, 2.24) is 9.88 Å². The molecule has 1 aliphatic carbocycles. The Balaban J connectivity index is 1.68. The molecule has 2 nitrogen and oxygen atoms in total. The molecular formula is C18H30N2S. The maximum atomic E-state index is 5.02. The molecule has 0 radical (unpaired) electrons. The summed E-state index contributed by atoms with van der Waals surface area (Å²) >= 11 is 2.06. The number of likely N-dealkylation sites (tertiary alicyclic amines) is 1. The number of rotatable bonds is 4. The van der Waals surface area contributed by atoms with Gasteiger partial charge in [-0.3, -0.25) is 0 Å². The fraction of sp³-hybridized carbons (Fsp3) is 0.833. The molecule has 1 aromatic heterocycles. The summed E-state index contributed by atoms with van der Waals surface area (Å²) in [6.07, 6.45) is 12.2. The van der Waals surface area contributed by atoms with Crippen molar-refractivity contribution >= 4 is 11.3 Å². The van der Waals surface area contributed by atoms with Crippen LogP contribution < -0.4 is 0 Å². The summed E-state index contributed by atoms with van der Waals surface area (Å²) in [4.78, 5) is 9.12. The maximum Gasteiger partial charge on any atom is 0.0933 e. The van der Waals surface area contributed by atoms with E-state index in [1.54, 1.807) is 4.88 Å². The normalized spacial score (nSPS) is 22.8. The third kappa shape index (κ3) is 3.87. The fourth-order valence-electron chi connectivity index (χ4n) is 3.98. The second-order valence-corrected chi connectivity index (χ2v) is 8.17. The second-order valence-electron chi connectivity index (χ2n) is 7.06. The van der Waals surface area contributed by atoms with Gasteiger partial charge in [-0.1, -0.05) is 39.0 Å². The second kappa shape index (κ2) is 7.23. The van der Waals surface area contributed by atoms with E-state index in [1.165, 1.54) is 75.2 Å². The molecule has 3 rings (SSSR count). The quantitative estimate of drug-likeness (QED) is 0.805. The van der Waals surface area contributed by atoms with E-state index in [2.05, 4.69) is 30.2 Å². The molecule has 0 N–H and O–H groups in total. The summed E-state index contributed by atoms with van der Waals surface area (Å²) in [6, 6.07) is 0. The lowest BCUT2D eigenvalue weighted by atomic mass is 9.87. The lowest BCUT2D eigenvalue weighted by Gasteiger charge is -2.28. The zero-order valence-electron chi connectivity index (χ0n) is 13.7. The predicted octanol–water partition coefficient (Wildman–Crippen LogP) is 4.64. The fourth-order valence-corrected chi connectivity index (χ4v) is 5.42. The highest BCUT2D eigenvalue weighted by atomic mass is 32.1. The highest BCUT2D eigenvalue weighted by Gasteiger charge is 2.24. The molecule has 0 bridgehead atoms. The van der Waals surface area contributed by atoms with Gasteiger partial charge in [0.25, 0.3) is 0 Å². The highest BCUT2D eigenvalue weighted by molar-refractivity contribution is 7.11. The minimum absolute atomic E-state index is 0.786. The Hall–Kier alpha value is -0.410. The van der Waals surface area contributed by atoms with Gasteiger partial charge in [-0.05, 0) is 51.2 Å². The van der Waals surface area contributed by atoms with Gasteiger partial charge in [-0.15, -0.1) is 11.3 Å². The minimum Gasteiger partial charge on any atom is -0.306 e. The van der Waals surface area contributed by atoms with Crippen molar-refractivity contribution in [3.63, 3.8) is 0 Å². The van der Waals surface area contributed by atoms with Crippen LogP contribution in [0.15, 0.2) is 0 Å². The van der Waals surface area contributed by atoms with Crippen LogP contribution in [0.5, 0.6) is 0 Å². The van der Waals surface area contributed by atoms with E-state index in [0.29, 0.717) is 0 Å². The molecular weight excluding hydrogens is 276 g/mol. The Morgan fingerprint density at radius 2 is 1.81 bits per heavy atom. The first kappa shape index (κ1) is 15.5. The zero-order valence-corrected chi connectivity index (χ0v) is 14.6. The number of hydrogen-bond donors (Lipinski definition) is 0. The Morgan fingerprint density at radius 1 is 1.10 bits per heavy atom. The minimum atomic E-state index is 0.786. The van der Waals surface area contributed by atoms with Gasteiger partial charge in [0.1, 0.15) is 0 Å². The van der Waals surface area contributed by atoms with Crippen LogP contribution in [0, 0.1) is 5.92 Å². The SMILES string of the molecule is CCc1nc(CC2CCCCC2)sc1C1CCN(C)CC1. The van der Waals surface area contributed by atoms with Crippen molar-refractivity contribution < 1.29 is 0 Å². The number of nitrogens with zero attached hydrogens (tertiary/aromatic N) is 2. The van der Waals surface area contributed by atoms with E-state index in [9.17, 15) is 0 Å². The van der Waals surface area contributed by atoms with Crippen LogP contribution in [-0.4, -0.2) is 30.0 Å². The molecule has 1 saturated carbocycles. The van der Waals surface area contributed by atoms with Crippen molar-refractivity contribution in [1.29, 1.82) is 0 Å². The van der Waals surface area contributed by atoms with Gasteiger partial charge in [0.15, 0.2) is 0 Å². The highest BCUT2D eigenvalue weighted by Crippen LogP contribution is 2.36. The van der Waals surface area contributed by atoms with Crippen LogP contribution in [0.25, 0.3) is 0 Å². The van der Waals surface area contributed by atoms with E-state index in [1.807, 2.05) is 0 Å². The number of piperidine rings is 1. The molecule has 0 unspecified atom stereocenters. The van der Waals surface area contributed by atoms with Gasteiger partial charge >= 0.3 is 0 Å². The summed E-state index contributed by atoms with van der Waals surface area (Å²) < 4.78 is 0. The first-order valence-corrected chi connectivity index (χ1v) is 9.75. The van der Waals surface area contributed by atoms with E-state index in [-0.39, 0.29) is 0 Å². The molecule has 0 aromatic carbocycles. The number of aryl methyl sites for hydroxylation is 1. The molecule has 118 valence electrons. The average Bonchev–Trinajstić information content (AvgIpc) is 2.92. The summed E-state index contributed by atoms with van der Waals surface area (Å²) in [5.41, 5.74) is 1.42. The molecule has 2 heterocycles. The van der Waals surface area contributed by atoms with E-state index >= 15 is 0 Å². The molecule has 21 heavy (non-hydrogen) atoms. The van der Waals surface area contributed by atoms with Crippen LogP contribution in [0.2, 0.25) is 0 Å². The average molecular weight is 307 g/mol. The van der Waals surface area contributed by atoms with E-state index in [0.717, 1.165) is 18.3 Å². The van der Waals surface area contributed by atoms with Gasteiger partial charge < -0.3 is 4.90 Å². The lowest BCUT2D eigenvalue weighted by Crippen LogP contribution is -2.29. The molecule has 1 saturated heterocycles. The molecule has 3 heteroatoms. The van der Waals surface area contributed by atoms with Gasteiger partial charge in [0.05, 0.1) is 10.7 Å². The summed E-state index contributed by atoms with van der Waals surface area (Å²) in [7, 11) is 2.25. The Morgan fingerprint density at radius 3 is 2.48 bits per heavy atom. The number of hydrogen-bond acceptors (Lipinski definition) is 3. The van der Waals surface area contributed by atoms with Gasteiger partial charge in [-0.2, -0.15) is 0 Å². The van der Waals surface area contributed by atoms with Crippen LogP contribution in [0.4, 0.5) is 0 Å². The molecule has 0 spiro atoms. The Labute approximate surface area is 134 Å². The summed E-state index contributed by atoms with van der Waals surface area (Å²) in [5.74, 6) is 1.70. The molecule has 2 aliphatic rings. The van der Waals surface area contributed by atoms with Gasteiger partial charge in [0, 0.05) is 11.3 Å². The third-order valence-electron chi connectivity index (χ3n) is 5.38. The topological polar surface area (TPSA) is 16.1 Å². The maximum absolute atomic E-state index is 5.02. The van der Waals surface area contributed by atoms with Crippen LogP contribution in [-0.2, 0) is 12.8 Å². The molecule has 1 aliphatic heterocycles. The lowest BCUT2D eigenvalue weighted by molar-refractivity contribution is 0.256. The number of thiazole rings is 1. The molecule has 1 aromatic rings. The van der Waals surface area contributed by atoms with Gasteiger partial charge in [0.2, 0.25) is 0 Å². The third-order valence-corrected chi connectivity index (χ3v) is 6.67. The summed E-state index contributed by atoms with van der Waals surface area (Å²) in [6.45, 7) is 4.78. The van der Waals surface area contributed by atoms with Crippen LogP contribution in [0.1, 0.15) is 73.4 Å². The predicted molar refractivity (Wildman–Crippen MR) is 91.2 cm³/mol. The Kier molecular flexibility index (Phi) is 5.33. The van der Waals surface area contributed by atoms with Gasteiger partial charge in [-0.25, -0.2) is 4.98 Å². The standard InChI is InChI=1S/C18H30N2S/c1-3-16-18(15-9-11-20(2)12-10-15)21-17(19-16)13-14-7-5-4-6-8-14/h14-15H,3-13H2,1-2H3. The van der Waals surface area contributed by atoms with Crippen molar-refractivity contribution in [3.05, 3.63) is 15.6 Å².